The Morgan fingerprint density at radius 3 is 2.21 bits per heavy atom. The molecule has 154 valence electrons. The quantitative estimate of drug-likeness (QED) is 0.388. The number of esters is 2. The van der Waals surface area contributed by atoms with E-state index in [1.807, 2.05) is 44.3 Å². The molecule has 5 nitrogen and oxygen atoms in total. The number of nitrogens with zero attached hydrogens (tertiary/aromatic N) is 1. The Labute approximate surface area is 177 Å². The number of halogens is 1. The van der Waals surface area contributed by atoms with E-state index in [-0.39, 0.29) is 12.8 Å². The van der Waals surface area contributed by atoms with E-state index in [0.29, 0.717) is 11.6 Å². The summed E-state index contributed by atoms with van der Waals surface area (Å²) in [6, 6.07) is 7.65. The molecular formula is C23H26ClNO4. The number of hydrogen-bond donors (Lipinski definition) is 0. The van der Waals surface area contributed by atoms with Crippen LogP contribution in [0.15, 0.2) is 30.5 Å². The Bertz CT molecular complexity index is 932. The predicted molar refractivity (Wildman–Crippen MR) is 113 cm³/mol. The van der Waals surface area contributed by atoms with Crippen LogP contribution in [0.2, 0.25) is 5.02 Å². The molecule has 0 saturated carbocycles. The summed E-state index contributed by atoms with van der Waals surface area (Å²) >= 11 is 5.97. The lowest BCUT2D eigenvalue weighted by molar-refractivity contribution is -0.168. The highest BCUT2D eigenvalue weighted by molar-refractivity contribution is 6.30. The third-order valence-corrected chi connectivity index (χ3v) is 5.50. The molecule has 1 aromatic carbocycles. The first-order valence-corrected chi connectivity index (χ1v) is 9.63. The summed E-state index contributed by atoms with van der Waals surface area (Å²) in [6.07, 6.45) is 2.16. The molecule has 6 heteroatoms. The monoisotopic (exact) mass is 415 g/mol. The largest absolute Gasteiger partial charge is 0.468 e. The van der Waals surface area contributed by atoms with Gasteiger partial charge in [0.1, 0.15) is 0 Å². The molecule has 0 spiro atoms. The van der Waals surface area contributed by atoms with Gasteiger partial charge in [0.15, 0.2) is 5.41 Å². The summed E-state index contributed by atoms with van der Waals surface area (Å²) in [7, 11) is 2.53. The molecule has 0 aliphatic carbocycles. The Morgan fingerprint density at radius 2 is 1.69 bits per heavy atom. The van der Waals surface area contributed by atoms with Crippen LogP contribution < -0.4 is 0 Å². The van der Waals surface area contributed by atoms with Gasteiger partial charge >= 0.3 is 11.9 Å². The maximum atomic E-state index is 12.7. The highest BCUT2D eigenvalue weighted by Crippen LogP contribution is 2.33. The van der Waals surface area contributed by atoms with Crippen molar-refractivity contribution in [3.05, 3.63) is 57.9 Å². The summed E-state index contributed by atoms with van der Waals surface area (Å²) in [6.45, 7) is 6.31. The fourth-order valence-corrected chi connectivity index (χ4v) is 3.47. The van der Waals surface area contributed by atoms with Gasteiger partial charge in [0.05, 0.1) is 14.2 Å². The van der Waals surface area contributed by atoms with Crippen LogP contribution in [0.3, 0.4) is 0 Å². The molecule has 1 heterocycles. The number of benzene rings is 1. The van der Waals surface area contributed by atoms with Crippen molar-refractivity contribution >= 4 is 23.5 Å². The Balaban J connectivity index is 2.44. The minimum atomic E-state index is -1.50. The van der Waals surface area contributed by atoms with Crippen molar-refractivity contribution in [2.45, 2.75) is 40.2 Å². The highest BCUT2D eigenvalue weighted by atomic mass is 35.5. The lowest BCUT2D eigenvalue weighted by Gasteiger charge is -2.26. The summed E-state index contributed by atoms with van der Waals surface area (Å²) in [5, 5.41) is 0.688. The van der Waals surface area contributed by atoms with Crippen molar-refractivity contribution in [2.75, 3.05) is 14.2 Å². The lowest BCUT2D eigenvalue weighted by Crippen LogP contribution is -2.43. The summed E-state index contributed by atoms with van der Waals surface area (Å²) in [4.78, 5) is 25.3. The Morgan fingerprint density at radius 1 is 1.10 bits per heavy atom. The van der Waals surface area contributed by atoms with Crippen LogP contribution >= 0.6 is 11.6 Å². The van der Waals surface area contributed by atoms with E-state index in [4.69, 9.17) is 21.1 Å². The minimum absolute atomic E-state index is 0.0314. The van der Waals surface area contributed by atoms with Crippen molar-refractivity contribution < 1.29 is 19.1 Å². The highest BCUT2D eigenvalue weighted by Gasteiger charge is 2.48. The Kier molecular flexibility index (Phi) is 7.53. The maximum Gasteiger partial charge on any atom is 0.324 e. The van der Waals surface area contributed by atoms with Crippen molar-refractivity contribution in [3.63, 3.8) is 0 Å². The minimum Gasteiger partial charge on any atom is -0.468 e. The number of hydrogen-bond acceptors (Lipinski definition) is 4. The molecule has 0 radical (unpaired) electrons. The van der Waals surface area contributed by atoms with E-state index in [2.05, 4.69) is 16.4 Å². The molecule has 0 amide bonds. The maximum absolute atomic E-state index is 12.7. The van der Waals surface area contributed by atoms with E-state index < -0.39 is 17.4 Å². The molecule has 29 heavy (non-hydrogen) atoms. The number of aromatic nitrogens is 1. The van der Waals surface area contributed by atoms with Gasteiger partial charge in [-0.3, -0.25) is 9.59 Å². The first-order valence-electron chi connectivity index (χ1n) is 9.25. The molecule has 0 saturated heterocycles. The number of ether oxygens (including phenoxy) is 2. The molecule has 2 aromatic rings. The predicted octanol–water partition coefficient (Wildman–Crippen LogP) is 4.09. The normalized spacial score (nSPS) is 10.8. The molecule has 0 atom stereocenters. The van der Waals surface area contributed by atoms with Gasteiger partial charge < -0.3 is 14.0 Å². The number of rotatable bonds is 7. The standard InChI is InChI=1S/C23H26ClNO4/c1-6-7-12-23(21(26)28-4,22(27)29-5)13-19-15-25(17(3)16(19)2)14-18-8-10-20(24)11-9-18/h8-11,15H,12-14H2,1-5H3. The second-order valence-corrected chi connectivity index (χ2v) is 7.40. The van der Waals surface area contributed by atoms with Crippen LogP contribution in [0, 0.1) is 31.1 Å². The van der Waals surface area contributed by atoms with Crippen LogP contribution in [0.1, 0.15) is 35.7 Å². The van der Waals surface area contributed by atoms with Crippen molar-refractivity contribution in [3.8, 4) is 11.8 Å². The third kappa shape index (κ3) is 4.83. The van der Waals surface area contributed by atoms with Crippen molar-refractivity contribution in [1.82, 2.24) is 4.57 Å². The molecule has 0 fully saturated rings. The van der Waals surface area contributed by atoms with E-state index in [1.165, 1.54) is 14.2 Å². The van der Waals surface area contributed by atoms with Crippen molar-refractivity contribution in [1.29, 1.82) is 0 Å². The van der Waals surface area contributed by atoms with Crippen LogP contribution in [-0.4, -0.2) is 30.7 Å². The van der Waals surface area contributed by atoms with Gasteiger partial charge in [-0.05, 0) is 49.6 Å². The van der Waals surface area contributed by atoms with Gasteiger partial charge in [0.25, 0.3) is 0 Å². The van der Waals surface area contributed by atoms with Gasteiger partial charge in [-0.25, -0.2) is 0 Å². The van der Waals surface area contributed by atoms with E-state index >= 15 is 0 Å². The fraction of sp³-hybridized carbons (Fsp3) is 0.391. The first-order chi connectivity index (χ1) is 13.8. The molecular weight excluding hydrogens is 390 g/mol. The van der Waals surface area contributed by atoms with Crippen molar-refractivity contribution in [2.24, 2.45) is 5.41 Å². The third-order valence-electron chi connectivity index (χ3n) is 5.24. The second kappa shape index (κ2) is 9.67. The number of carbonyl (C=O) groups is 2. The van der Waals surface area contributed by atoms with E-state index in [1.54, 1.807) is 6.92 Å². The first kappa shape index (κ1) is 22.6. The van der Waals surface area contributed by atoms with Gasteiger partial charge in [0, 0.05) is 36.3 Å². The zero-order valence-corrected chi connectivity index (χ0v) is 18.2. The Hall–Kier alpha value is -2.71. The summed E-state index contributed by atoms with van der Waals surface area (Å²) < 4.78 is 12.0. The molecule has 1 aromatic heterocycles. The van der Waals surface area contributed by atoms with Gasteiger partial charge in [-0.15, -0.1) is 11.8 Å². The molecule has 2 rings (SSSR count). The summed E-state index contributed by atoms with van der Waals surface area (Å²) in [5.74, 6) is 4.32. The van der Waals surface area contributed by atoms with Crippen LogP contribution in [0.4, 0.5) is 0 Å². The number of carbonyl (C=O) groups excluding carboxylic acids is 2. The van der Waals surface area contributed by atoms with Gasteiger partial charge in [0.2, 0.25) is 0 Å². The molecule has 0 aliphatic heterocycles. The topological polar surface area (TPSA) is 57.5 Å². The fourth-order valence-electron chi connectivity index (χ4n) is 3.35. The molecule has 0 unspecified atom stereocenters. The van der Waals surface area contributed by atoms with Crippen LogP contribution in [0.5, 0.6) is 0 Å². The average molecular weight is 416 g/mol. The van der Waals surface area contributed by atoms with Crippen LogP contribution in [-0.2, 0) is 32.0 Å². The number of methoxy groups -OCH3 is 2. The van der Waals surface area contributed by atoms with Gasteiger partial charge in [-0.1, -0.05) is 23.7 Å². The molecule has 0 bridgehead atoms. The second-order valence-electron chi connectivity index (χ2n) is 6.96. The zero-order chi connectivity index (χ0) is 21.6. The molecule has 0 aliphatic rings. The molecule has 0 N–H and O–H groups in total. The van der Waals surface area contributed by atoms with E-state index in [9.17, 15) is 9.59 Å². The SMILES string of the molecule is CC#CCC(Cc1cn(Cc2ccc(Cl)cc2)c(C)c1C)(C(=O)OC)C(=O)OC. The zero-order valence-electron chi connectivity index (χ0n) is 17.5. The summed E-state index contributed by atoms with van der Waals surface area (Å²) in [5.41, 5.74) is 2.55. The lowest BCUT2D eigenvalue weighted by atomic mass is 9.78. The van der Waals surface area contributed by atoms with Crippen LogP contribution in [0.25, 0.3) is 0 Å². The average Bonchev–Trinajstić information content (AvgIpc) is 2.99. The van der Waals surface area contributed by atoms with E-state index in [0.717, 1.165) is 22.4 Å². The smallest absolute Gasteiger partial charge is 0.324 e. The van der Waals surface area contributed by atoms with Gasteiger partial charge in [-0.2, -0.15) is 0 Å².